The fraction of sp³-hybridized carbons (Fsp3) is 0.474. The Kier molecular flexibility index (Phi) is 18.0. The first-order valence-electron chi connectivity index (χ1n) is 17.3. The van der Waals surface area contributed by atoms with Crippen molar-refractivity contribution in [1.82, 2.24) is 26.4 Å². The fourth-order valence-electron chi connectivity index (χ4n) is 4.98. The van der Waals surface area contributed by atoms with E-state index >= 15 is 0 Å². The summed E-state index contributed by atoms with van der Waals surface area (Å²) in [6.45, 7) is 11.8. The van der Waals surface area contributed by atoms with E-state index in [9.17, 15) is 28.8 Å². The number of hydrogen-bond acceptors (Lipinski definition) is 10. The lowest BCUT2D eigenvalue weighted by atomic mass is 9.86. The Labute approximate surface area is 306 Å². The number of nitrogens with zero attached hydrogens (tertiary/aromatic N) is 1. The van der Waals surface area contributed by atoms with Crippen LogP contribution < -0.4 is 21.4 Å². The summed E-state index contributed by atoms with van der Waals surface area (Å²) in [5, 5.41) is 9.04. The average Bonchev–Trinajstić information content (AvgIpc) is 3.41. The molecule has 52 heavy (non-hydrogen) atoms. The van der Waals surface area contributed by atoms with Crippen molar-refractivity contribution in [2.45, 2.75) is 85.5 Å². The molecular formula is C38H53N5O9. The molecule has 0 unspecified atom stereocenters. The smallest absolute Gasteiger partial charge is 0.407 e. The molecule has 14 nitrogen and oxygen atoms in total. The zero-order valence-electron chi connectivity index (χ0n) is 31.1. The van der Waals surface area contributed by atoms with Gasteiger partial charge in [0.25, 0.3) is 11.8 Å². The van der Waals surface area contributed by atoms with E-state index in [-0.39, 0.29) is 24.3 Å². The number of hydrazine groups is 1. The highest BCUT2D eigenvalue weighted by molar-refractivity contribution is 6.12. The summed E-state index contributed by atoms with van der Waals surface area (Å²) in [5.41, 5.74) is 3.03. The molecule has 0 aliphatic carbocycles. The summed E-state index contributed by atoms with van der Waals surface area (Å²) in [6.07, 6.45) is 19.7. The van der Waals surface area contributed by atoms with E-state index in [1.54, 1.807) is 24.3 Å². The Hall–Kier alpha value is -5.24. The number of imide groups is 1. The molecule has 0 spiro atoms. The molecule has 284 valence electrons. The number of amides is 5. The van der Waals surface area contributed by atoms with Crippen molar-refractivity contribution in [2.75, 3.05) is 20.2 Å². The van der Waals surface area contributed by atoms with Crippen LogP contribution in [0.4, 0.5) is 4.79 Å². The lowest BCUT2D eigenvalue weighted by Crippen LogP contribution is -2.52. The van der Waals surface area contributed by atoms with E-state index in [4.69, 9.17) is 14.2 Å². The van der Waals surface area contributed by atoms with Gasteiger partial charge in [-0.25, -0.2) is 20.0 Å². The van der Waals surface area contributed by atoms with E-state index in [0.717, 1.165) is 10.6 Å². The van der Waals surface area contributed by atoms with Crippen LogP contribution in [0.1, 0.15) is 67.2 Å². The first-order chi connectivity index (χ1) is 24.7. The highest BCUT2D eigenvalue weighted by Gasteiger charge is 2.32. The third-order valence-electron chi connectivity index (χ3n) is 7.81. The molecule has 0 aromatic rings. The number of esters is 1. The zero-order valence-corrected chi connectivity index (χ0v) is 31.1. The molecule has 4 N–H and O–H groups in total. The van der Waals surface area contributed by atoms with E-state index in [2.05, 4.69) is 21.4 Å². The minimum atomic E-state index is -0.847. The van der Waals surface area contributed by atoms with Crippen molar-refractivity contribution in [2.24, 2.45) is 11.3 Å². The van der Waals surface area contributed by atoms with E-state index in [1.807, 2.05) is 65.8 Å². The van der Waals surface area contributed by atoms with Crippen molar-refractivity contribution in [3.05, 3.63) is 84.4 Å². The number of nitrogens with one attached hydrogen (secondary N) is 4. The predicted molar refractivity (Wildman–Crippen MR) is 195 cm³/mol. The molecule has 2 rings (SSSR count). The van der Waals surface area contributed by atoms with Gasteiger partial charge in [0.15, 0.2) is 5.76 Å². The number of carbonyl (C=O) groups is 6. The van der Waals surface area contributed by atoms with Crippen LogP contribution in [0.3, 0.4) is 0 Å². The zero-order chi connectivity index (χ0) is 38.7. The lowest BCUT2D eigenvalue weighted by Gasteiger charge is -2.29. The van der Waals surface area contributed by atoms with Gasteiger partial charge in [-0.1, -0.05) is 75.8 Å². The lowest BCUT2D eigenvalue weighted by molar-refractivity contribution is -0.151. The highest BCUT2D eigenvalue weighted by atomic mass is 16.6. The predicted octanol–water partition coefficient (Wildman–Crippen LogP) is 3.96. The molecule has 14 heteroatoms. The van der Waals surface area contributed by atoms with Crippen molar-refractivity contribution in [3.8, 4) is 0 Å². The highest BCUT2D eigenvalue weighted by Crippen LogP contribution is 2.23. The molecule has 0 saturated carbocycles. The van der Waals surface area contributed by atoms with E-state index in [1.165, 1.54) is 31.5 Å². The number of hydrogen-bond donors (Lipinski definition) is 4. The number of alkyl carbamates (subject to hydrolysis) is 1. The molecule has 0 radical (unpaired) electrons. The summed E-state index contributed by atoms with van der Waals surface area (Å²) < 4.78 is 16.0. The summed E-state index contributed by atoms with van der Waals surface area (Å²) in [5.74, 6) is -2.03. The second kappa shape index (κ2) is 21.9. The van der Waals surface area contributed by atoms with Gasteiger partial charge in [-0.05, 0) is 38.0 Å². The Morgan fingerprint density at radius 2 is 1.71 bits per heavy atom. The van der Waals surface area contributed by atoms with Crippen molar-refractivity contribution in [3.63, 3.8) is 0 Å². The number of ether oxygens (including phenoxy) is 3. The molecule has 0 bridgehead atoms. The number of allylic oxidation sites excluding steroid dienone is 5. The summed E-state index contributed by atoms with van der Waals surface area (Å²) in [4.78, 5) is 73.3. The average molecular weight is 724 g/mol. The molecule has 0 aromatic carbocycles. The standard InChI is InChI=1S/C38H53N5O9/c1-8-9-15-28(51-37(49)40-23-13-24-41-43-32(45)20-21-33(43)46)16-12-22-39-35(47)34(38(4,5)6)42-31(44)17-11-10-14-26(2)25-27(3)29-18-19-30(50-7)36(48)52-29/h8-12,14,17,19-22,25,27-29,34,41H,13,15-16,18,23-24H2,1-7H3,(H,39,47)(H,40,49)(H,42,44)/b9-8-,14-10-,17-11-,22-12-,26-25+/t27-,28-,29-,34+/m0/s1. The minimum Gasteiger partial charge on any atom is -0.490 e. The third kappa shape index (κ3) is 15.3. The summed E-state index contributed by atoms with van der Waals surface area (Å²) >= 11 is 0. The van der Waals surface area contributed by atoms with Crippen molar-refractivity contribution in [1.29, 1.82) is 0 Å². The molecule has 2 heterocycles. The second-order valence-electron chi connectivity index (χ2n) is 13.3. The van der Waals surface area contributed by atoms with Crippen LogP contribution >= 0.6 is 0 Å². The molecule has 0 saturated heterocycles. The Bertz CT molecular complexity index is 1480. The maximum Gasteiger partial charge on any atom is 0.407 e. The van der Waals surface area contributed by atoms with Gasteiger partial charge < -0.3 is 30.2 Å². The molecule has 0 aromatic heterocycles. The SMILES string of the molecule is C/C=C\C[C@@H](C/C=C\NC(=O)[C@@H](NC(=O)\C=C/C=C\C(C)=C\[C@H](C)[C@@H]1CC=C(OC)C(=O)O1)C(C)(C)C)OC(=O)NCCCNN1C(=O)C=CC1=O. The van der Waals surface area contributed by atoms with Crippen molar-refractivity contribution < 1.29 is 43.0 Å². The molecule has 2 aliphatic heterocycles. The van der Waals surface area contributed by atoms with Crippen LogP contribution in [0.25, 0.3) is 0 Å². The van der Waals surface area contributed by atoms with Crippen LogP contribution in [0.15, 0.2) is 84.4 Å². The normalized spacial score (nSPS) is 18.6. The molecule has 2 aliphatic rings. The Morgan fingerprint density at radius 3 is 2.35 bits per heavy atom. The van der Waals surface area contributed by atoms with Gasteiger partial charge in [0.2, 0.25) is 11.8 Å². The number of cyclic esters (lactones) is 1. The van der Waals surface area contributed by atoms with Crippen LogP contribution in [-0.4, -0.2) is 79.1 Å². The number of carbonyl (C=O) groups excluding carboxylic acids is 6. The van der Waals surface area contributed by atoms with E-state index in [0.29, 0.717) is 32.2 Å². The van der Waals surface area contributed by atoms with E-state index < -0.39 is 53.3 Å². The summed E-state index contributed by atoms with van der Waals surface area (Å²) in [6, 6.07) is -0.847. The molecular weight excluding hydrogens is 670 g/mol. The van der Waals surface area contributed by atoms with Crippen molar-refractivity contribution >= 4 is 35.7 Å². The van der Waals surface area contributed by atoms with Gasteiger partial charge in [0, 0.05) is 56.5 Å². The number of methoxy groups -OCH3 is 1. The monoisotopic (exact) mass is 723 g/mol. The fourth-order valence-corrected chi connectivity index (χ4v) is 4.98. The minimum absolute atomic E-state index is 0.0337. The van der Waals surface area contributed by atoms with Gasteiger partial charge in [-0.2, -0.15) is 0 Å². The Morgan fingerprint density at radius 1 is 1.04 bits per heavy atom. The Balaban J connectivity index is 1.82. The topological polar surface area (TPSA) is 181 Å². The quantitative estimate of drug-likeness (QED) is 0.0381. The third-order valence-corrected chi connectivity index (χ3v) is 7.81. The largest absolute Gasteiger partial charge is 0.490 e. The van der Waals surface area contributed by atoms with Gasteiger partial charge in [-0.15, -0.1) is 0 Å². The van der Waals surface area contributed by atoms with Crippen LogP contribution in [0.5, 0.6) is 0 Å². The maximum atomic E-state index is 13.1. The van der Waals surface area contributed by atoms with Gasteiger partial charge in [-0.3, -0.25) is 19.2 Å². The van der Waals surface area contributed by atoms with Gasteiger partial charge in [0.05, 0.1) is 7.11 Å². The second-order valence-corrected chi connectivity index (χ2v) is 13.3. The molecule has 0 fully saturated rings. The first kappa shape index (κ1) is 42.9. The van der Waals surface area contributed by atoms with Crippen LogP contribution in [0.2, 0.25) is 0 Å². The van der Waals surface area contributed by atoms with Crippen LogP contribution in [0, 0.1) is 11.3 Å². The van der Waals surface area contributed by atoms with Gasteiger partial charge in [0.1, 0.15) is 18.2 Å². The molecule has 4 atom stereocenters. The van der Waals surface area contributed by atoms with Gasteiger partial charge >= 0.3 is 12.1 Å². The molecule has 5 amide bonds. The first-order valence-corrected chi connectivity index (χ1v) is 17.3. The number of rotatable bonds is 19. The summed E-state index contributed by atoms with van der Waals surface area (Å²) in [7, 11) is 1.43. The van der Waals surface area contributed by atoms with Crippen LogP contribution in [-0.2, 0) is 38.2 Å². The maximum absolute atomic E-state index is 13.1.